The zero-order valence-corrected chi connectivity index (χ0v) is 13.7. The van der Waals surface area contributed by atoms with Crippen LogP contribution in [0.4, 0.5) is 16.2 Å². The molecule has 0 aliphatic carbocycles. The van der Waals surface area contributed by atoms with Crippen LogP contribution in [0.1, 0.15) is 28.5 Å². The van der Waals surface area contributed by atoms with Crippen molar-refractivity contribution in [1.29, 1.82) is 0 Å². The third-order valence-electron chi connectivity index (χ3n) is 4.07. The van der Waals surface area contributed by atoms with Gasteiger partial charge in [0.15, 0.2) is 0 Å². The molecule has 1 aromatic heterocycles. The molecule has 0 unspecified atom stereocenters. The SMILES string of the molecule is CCc1ccnc(C(=O)Nc2cccc(N3CCOC3=O)c2C)c1. The number of anilines is 2. The number of carbonyl (C=O) groups is 2. The predicted octanol–water partition coefficient (Wildman–Crippen LogP) is 3.16. The Morgan fingerprint density at radius 1 is 1.38 bits per heavy atom. The van der Waals surface area contributed by atoms with E-state index in [0.717, 1.165) is 23.2 Å². The zero-order valence-electron chi connectivity index (χ0n) is 13.7. The number of benzene rings is 1. The van der Waals surface area contributed by atoms with Gasteiger partial charge in [0.25, 0.3) is 5.91 Å². The Kier molecular flexibility index (Phi) is 4.46. The summed E-state index contributed by atoms with van der Waals surface area (Å²) >= 11 is 0. The van der Waals surface area contributed by atoms with Crippen molar-refractivity contribution in [2.75, 3.05) is 23.4 Å². The van der Waals surface area contributed by atoms with E-state index in [9.17, 15) is 9.59 Å². The molecule has 1 N–H and O–H groups in total. The zero-order chi connectivity index (χ0) is 17.1. The maximum absolute atomic E-state index is 12.5. The molecule has 124 valence electrons. The van der Waals surface area contributed by atoms with Crippen LogP contribution < -0.4 is 10.2 Å². The van der Waals surface area contributed by atoms with E-state index < -0.39 is 0 Å². The molecule has 2 amide bonds. The highest BCUT2D eigenvalue weighted by Crippen LogP contribution is 2.29. The molecule has 0 spiro atoms. The number of carbonyl (C=O) groups excluding carboxylic acids is 2. The second-order valence-electron chi connectivity index (χ2n) is 5.57. The quantitative estimate of drug-likeness (QED) is 0.937. The number of pyridine rings is 1. The molecule has 1 aliphatic rings. The lowest BCUT2D eigenvalue weighted by molar-refractivity contribution is 0.102. The molecule has 1 fully saturated rings. The van der Waals surface area contributed by atoms with Gasteiger partial charge in [-0.2, -0.15) is 0 Å². The fraction of sp³-hybridized carbons (Fsp3) is 0.278. The fourth-order valence-corrected chi connectivity index (χ4v) is 2.67. The number of hydrogen-bond donors (Lipinski definition) is 1. The molecule has 6 nitrogen and oxygen atoms in total. The number of nitrogens with zero attached hydrogens (tertiary/aromatic N) is 2. The lowest BCUT2D eigenvalue weighted by atomic mass is 10.1. The Labute approximate surface area is 140 Å². The predicted molar refractivity (Wildman–Crippen MR) is 91.4 cm³/mol. The highest BCUT2D eigenvalue weighted by molar-refractivity contribution is 6.04. The number of rotatable bonds is 4. The summed E-state index contributed by atoms with van der Waals surface area (Å²) in [5.41, 5.74) is 3.64. The Hall–Kier alpha value is -2.89. The molecular weight excluding hydrogens is 306 g/mol. The van der Waals surface area contributed by atoms with E-state index in [1.165, 1.54) is 0 Å². The summed E-state index contributed by atoms with van der Waals surface area (Å²) in [7, 11) is 0. The standard InChI is InChI=1S/C18H19N3O3/c1-3-13-7-8-19-15(11-13)17(22)20-14-5-4-6-16(12(14)2)21-9-10-24-18(21)23/h4-8,11H,3,9-10H2,1-2H3,(H,20,22). The van der Waals surface area contributed by atoms with E-state index in [1.807, 2.05) is 32.0 Å². The molecule has 0 atom stereocenters. The topological polar surface area (TPSA) is 71.5 Å². The van der Waals surface area contributed by atoms with E-state index in [4.69, 9.17) is 4.74 Å². The lowest BCUT2D eigenvalue weighted by Crippen LogP contribution is -2.24. The summed E-state index contributed by atoms with van der Waals surface area (Å²) in [6.45, 7) is 4.78. The van der Waals surface area contributed by atoms with Crippen LogP contribution in [0.25, 0.3) is 0 Å². The Bertz CT molecular complexity index is 789. The minimum Gasteiger partial charge on any atom is -0.447 e. The van der Waals surface area contributed by atoms with Crippen LogP contribution in [0.3, 0.4) is 0 Å². The van der Waals surface area contributed by atoms with Gasteiger partial charge in [0.2, 0.25) is 0 Å². The molecule has 1 aliphatic heterocycles. The van der Waals surface area contributed by atoms with Crippen molar-refractivity contribution < 1.29 is 14.3 Å². The summed E-state index contributed by atoms with van der Waals surface area (Å²) in [5.74, 6) is -0.269. The van der Waals surface area contributed by atoms with E-state index >= 15 is 0 Å². The first-order valence-electron chi connectivity index (χ1n) is 7.90. The molecule has 0 radical (unpaired) electrons. The van der Waals surface area contributed by atoms with Gasteiger partial charge < -0.3 is 10.1 Å². The van der Waals surface area contributed by atoms with Crippen molar-refractivity contribution in [2.45, 2.75) is 20.3 Å². The summed E-state index contributed by atoms with van der Waals surface area (Å²) in [6.07, 6.45) is 2.12. The van der Waals surface area contributed by atoms with Gasteiger partial charge in [-0.3, -0.25) is 14.7 Å². The molecule has 2 heterocycles. The van der Waals surface area contributed by atoms with Crippen molar-refractivity contribution in [3.05, 3.63) is 53.3 Å². The number of aryl methyl sites for hydroxylation is 1. The lowest BCUT2D eigenvalue weighted by Gasteiger charge is -2.18. The second kappa shape index (κ2) is 6.70. The van der Waals surface area contributed by atoms with Crippen LogP contribution in [-0.2, 0) is 11.2 Å². The molecule has 0 bridgehead atoms. The number of ether oxygens (including phenoxy) is 1. The van der Waals surface area contributed by atoms with Gasteiger partial charge in [-0.1, -0.05) is 13.0 Å². The summed E-state index contributed by atoms with van der Waals surface area (Å²) < 4.78 is 4.98. The molecular formula is C18H19N3O3. The third kappa shape index (κ3) is 3.08. The van der Waals surface area contributed by atoms with Gasteiger partial charge in [0.1, 0.15) is 12.3 Å². The normalized spacial score (nSPS) is 13.8. The highest BCUT2D eigenvalue weighted by Gasteiger charge is 2.25. The average molecular weight is 325 g/mol. The Morgan fingerprint density at radius 2 is 2.21 bits per heavy atom. The van der Waals surface area contributed by atoms with Gasteiger partial charge in [-0.25, -0.2) is 4.79 Å². The average Bonchev–Trinajstić information content (AvgIpc) is 3.02. The molecule has 24 heavy (non-hydrogen) atoms. The summed E-state index contributed by atoms with van der Waals surface area (Å²) in [6, 6.07) is 9.13. The Balaban J connectivity index is 1.84. The van der Waals surface area contributed by atoms with E-state index in [1.54, 1.807) is 23.2 Å². The first-order valence-corrected chi connectivity index (χ1v) is 7.90. The highest BCUT2D eigenvalue weighted by atomic mass is 16.6. The van der Waals surface area contributed by atoms with Crippen LogP contribution in [0, 0.1) is 6.92 Å². The fourth-order valence-electron chi connectivity index (χ4n) is 2.67. The molecule has 1 saturated heterocycles. The van der Waals surface area contributed by atoms with Gasteiger partial charge in [0, 0.05) is 11.9 Å². The minimum atomic E-state index is -0.362. The van der Waals surface area contributed by atoms with E-state index in [-0.39, 0.29) is 12.0 Å². The number of nitrogens with one attached hydrogen (secondary N) is 1. The molecule has 1 aromatic carbocycles. The molecule has 6 heteroatoms. The van der Waals surface area contributed by atoms with Crippen LogP contribution in [0.5, 0.6) is 0 Å². The maximum Gasteiger partial charge on any atom is 0.414 e. The Morgan fingerprint density at radius 3 is 2.92 bits per heavy atom. The van der Waals surface area contributed by atoms with Gasteiger partial charge in [0.05, 0.1) is 12.2 Å². The van der Waals surface area contributed by atoms with Crippen molar-refractivity contribution in [3.8, 4) is 0 Å². The number of aromatic nitrogens is 1. The number of amides is 2. The van der Waals surface area contributed by atoms with Crippen LogP contribution in [0.2, 0.25) is 0 Å². The largest absolute Gasteiger partial charge is 0.447 e. The van der Waals surface area contributed by atoms with E-state index in [2.05, 4.69) is 10.3 Å². The van der Waals surface area contributed by atoms with Crippen molar-refractivity contribution in [2.24, 2.45) is 0 Å². The van der Waals surface area contributed by atoms with Crippen molar-refractivity contribution in [1.82, 2.24) is 4.98 Å². The number of hydrogen-bond acceptors (Lipinski definition) is 4. The van der Waals surface area contributed by atoms with Gasteiger partial charge in [-0.15, -0.1) is 0 Å². The first-order chi connectivity index (χ1) is 11.6. The van der Waals surface area contributed by atoms with Crippen molar-refractivity contribution in [3.63, 3.8) is 0 Å². The second-order valence-corrected chi connectivity index (χ2v) is 5.57. The number of cyclic esters (lactones) is 1. The maximum atomic E-state index is 12.5. The molecule has 2 aromatic rings. The van der Waals surface area contributed by atoms with Crippen LogP contribution in [-0.4, -0.2) is 30.1 Å². The van der Waals surface area contributed by atoms with Crippen molar-refractivity contribution >= 4 is 23.4 Å². The molecule has 3 rings (SSSR count). The third-order valence-corrected chi connectivity index (χ3v) is 4.07. The summed E-state index contributed by atoms with van der Waals surface area (Å²) in [4.78, 5) is 29.9. The minimum absolute atomic E-state index is 0.269. The summed E-state index contributed by atoms with van der Waals surface area (Å²) in [5, 5.41) is 2.88. The first kappa shape index (κ1) is 16.0. The van der Waals surface area contributed by atoms with Gasteiger partial charge >= 0.3 is 6.09 Å². The van der Waals surface area contributed by atoms with E-state index in [0.29, 0.717) is 24.5 Å². The smallest absolute Gasteiger partial charge is 0.414 e. The van der Waals surface area contributed by atoms with Gasteiger partial charge in [-0.05, 0) is 48.7 Å². The van der Waals surface area contributed by atoms with Crippen LogP contribution >= 0.6 is 0 Å². The monoisotopic (exact) mass is 325 g/mol. The molecule has 0 saturated carbocycles. The van der Waals surface area contributed by atoms with Crippen LogP contribution in [0.15, 0.2) is 36.5 Å².